The first-order valence-electron chi connectivity index (χ1n) is 10.9. The summed E-state index contributed by atoms with van der Waals surface area (Å²) in [6.45, 7) is 2.20. The Bertz CT molecular complexity index is 988. The quantitative estimate of drug-likeness (QED) is 0.601. The number of hydrogen-bond donors (Lipinski definition) is 0. The molecule has 1 fully saturated rings. The van der Waals surface area contributed by atoms with Crippen LogP contribution in [0, 0.1) is 0 Å². The van der Waals surface area contributed by atoms with Gasteiger partial charge in [-0.15, -0.1) is 0 Å². The minimum absolute atomic E-state index is 0.0876. The third-order valence-electron chi connectivity index (χ3n) is 5.97. The standard InChI is InChI=1S/C27H28N2O3/c1-32-24-14-12-21(13-15-24)20-25(30)28-16-18-29(19-17-28)27(31)26(22-8-4-2-5-9-22)23-10-6-3-7-11-23/h2-15,26H,16-20H2,1H3. The van der Waals surface area contributed by atoms with E-state index in [1.165, 1.54) is 0 Å². The fourth-order valence-corrected chi connectivity index (χ4v) is 4.16. The predicted molar refractivity (Wildman–Crippen MR) is 125 cm³/mol. The van der Waals surface area contributed by atoms with E-state index >= 15 is 0 Å². The van der Waals surface area contributed by atoms with Crippen LogP contribution in [0.15, 0.2) is 84.9 Å². The molecule has 5 heteroatoms. The van der Waals surface area contributed by atoms with E-state index in [0.717, 1.165) is 22.4 Å². The molecule has 0 aliphatic carbocycles. The van der Waals surface area contributed by atoms with E-state index in [1.807, 2.05) is 94.7 Å². The van der Waals surface area contributed by atoms with Crippen molar-refractivity contribution >= 4 is 11.8 Å². The number of rotatable bonds is 6. The van der Waals surface area contributed by atoms with Crippen molar-refractivity contribution in [2.45, 2.75) is 12.3 Å². The maximum atomic E-state index is 13.5. The fraction of sp³-hybridized carbons (Fsp3) is 0.259. The zero-order valence-electron chi connectivity index (χ0n) is 18.3. The molecule has 1 heterocycles. The first kappa shape index (κ1) is 21.6. The number of nitrogens with zero attached hydrogens (tertiary/aromatic N) is 2. The van der Waals surface area contributed by atoms with Crippen LogP contribution in [0.25, 0.3) is 0 Å². The van der Waals surface area contributed by atoms with E-state index in [0.29, 0.717) is 32.6 Å². The van der Waals surface area contributed by atoms with Crippen LogP contribution in [-0.4, -0.2) is 54.9 Å². The van der Waals surface area contributed by atoms with Crippen molar-refractivity contribution in [3.63, 3.8) is 0 Å². The smallest absolute Gasteiger partial charge is 0.234 e. The molecule has 3 aromatic carbocycles. The summed E-state index contributed by atoms with van der Waals surface area (Å²) < 4.78 is 5.18. The molecular weight excluding hydrogens is 400 g/mol. The molecule has 2 amide bonds. The van der Waals surface area contributed by atoms with Gasteiger partial charge in [0.15, 0.2) is 0 Å². The van der Waals surface area contributed by atoms with Crippen LogP contribution < -0.4 is 4.74 Å². The monoisotopic (exact) mass is 428 g/mol. The maximum absolute atomic E-state index is 13.5. The summed E-state index contributed by atoms with van der Waals surface area (Å²) in [6, 6.07) is 27.4. The number of amides is 2. The van der Waals surface area contributed by atoms with E-state index < -0.39 is 0 Å². The molecule has 0 bridgehead atoms. The van der Waals surface area contributed by atoms with Gasteiger partial charge in [-0.3, -0.25) is 9.59 Å². The zero-order chi connectivity index (χ0) is 22.3. The lowest BCUT2D eigenvalue weighted by atomic mass is 9.90. The number of carbonyl (C=O) groups excluding carboxylic acids is 2. The number of piperazine rings is 1. The third kappa shape index (κ3) is 4.99. The van der Waals surface area contributed by atoms with Crippen molar-refractivity contribution in [2.24, 2.45) is 0 Å². The summed E-state index contributed by atoms with van der Waals surface area (Å²) in [6.07, 6.45) is 0.356. The van der Waals surface area contributed by atoms with Gasteiger partial charge >= 0.3 is 0 Å². The van der Waals surface area contributed by atoms with Gasteiger partial charge in [-0.25, -0.2) is 0 Å². The van der Waals surface area contributed by atoms with Crippen LogP contribution in [0.4, 0.5) is 0 Å². The Balaban J connectivity index is 1.41. The van der Waals surface area contributed by atoms with Crippen LogP contribution in [0.1, 0.15) is 22.6 Å². The largest absolute Gasteiger partial charge is 0.497 e. The number of benzene rings is 3. The maximum Gasteiger partial charge on any atom is 0.234 e. The van der Waals surface area contributed by atoms with Crippen LogP contribution in [-0.2, 0) is 16.0 Å². The van der Waals surface area contributed by atoms with Crippen molar-refractivity contribution in [2.75, 3.05) is 33.3 Å². The molecular formula is C27H28N2O3. The predicted octanol–water partition coefficient (Wildman–Crippen LogP) is 3.74. The first-order chi connectivity index (χ1) is 15.7. The number of hydrogen-bond acceptors (Lipinski definition) is 3. The molecule has 5 nitrogen and oxygen atoms in total. The molecule has 0 saturated carbocycles. The lowest BCUT2D eigenvalue weighted by molar-refractivity contribution is -0.139. The Morgan fingerprint density at radius 3 is 1.75 bits per heavy atom. The molecule has 0 N–H and O–H groups in total. The van der Waals surface area contributed by atoms with E-state index in [-0.39, 0.29) is 17.7 Å². The average Bonchev–Trinajstić information content (AvgIpc) is 2.86. The van der Waals surface area contributed by atoms with Gasteiger partial charge < -0.3 is 14.5 Å². The Morgan fingerprint density at radius 2 is 1.25 bits per heavy atom. The highest BCUT2D eigenvalue weighted by Crippen LogP contribution is 2.27. The van der Waals surface area contributed by atoms with Crippen molar-refractivity contribution < 1.29 is 14.3 Å². The Kier molecular flexibility index (Phi) is 6.85. The second-order valence-electron chi connectivity index (χ2n) is 7.99. The van der Waals surface area contributed by atoms with Crippen molar-refractivity contribution in [3.8, 4) is 5.75 Å². The summed E-state index contributed by atoms with van der Waals surface area (Å²) in [4.78, 5) is 30.1. The SMILES string of the molecule is COc1ccc(CC(=O)N2CCN(C(=O)C(c3ccccc3)c3ccccc3)CC2)cc1. The molecule has 1 aliphatic heterocycles. The fourth-order valence-electron chi connectivity index (χ4n) is 4.16. The molecule has 4 rings (SSSR count). The minimum Gasteiger partial charge on any atom is -0.497 e. The lowest BCUT2D eigenvalue weighted by Gasteiger charge is -2.36. The van der Waals surface area contributed by atoms with Gasteiger partial charge in [0.2, 0.25) is 11.8 Å². The van der Waals surface area contributed by atoms with Crippen molar-refractivity contribution in [3.05, 3.63) is 102 Å². The van der Waals surface area contributed by atoms with E-state index in [1.54, 1.807) is 7.11 Å². The zero-order valence-corrected chi connectivity index (χ0v) is 18.3. The molecule has 0 radical (unpaired) electrons. The second-order valence-corrected chi connectivity index (χ2v) is 7.99. The van der Waals surface area contributed by atoms with Crippen LogP contribution in [0.3, 0.4) is 0 Å². The number of methoxy groups -OCH3 is 1. The summed E-state index contributed by atoms with van der Waals surface area (Å²) in [7, 11) is 1.63. The molecule has 164 valence electrons. The van der Waals surface area contributed by atoms with Gasteiger partial charge in [0.1, 0.15) is 5.75 Å². The Morgan fingerprint density at radius 1 is 0.750 bits per heavy atom. The summed E-state index contributed by atoms with van der Waals surface area (Å²) >= 11 is 0. The second kappa shape index (κ2) is 10.1. The summed E-state index contributed by atoms with van der Waals surface area (Å²) in [5, 5.41) is 0. The first-order valence-corrected chi connectivity index (χ1v) is 10.9. The molecule has 1 aliphatic rings. The highest BCUT2D eigenvalue weighted by atomic mass is 16.5. The van der Waals surface area contributed by atoms with Crippen LogP contribution in [0.2, 0.25) is 0 Å². The highest BCUT2D eigenvalue weighted by Gasteiger charge is 2.30. The van der Waals surface area contributed by atoms with E-state index in [2.05, 4.69) is 0 Å². The van der Waals surface area contributed by atoms with E-state index in [4.69, 9.17) is 4.74 Å². The van der Waals surface area contributed by atoms with Crippen molar-refractivity contribution in [1.82, 2.24) is 9.80 Å². The Labute approximate surface area is 189 Å². The molecule has 0 spiro atoms. The van der Waals surface area contributed by atoms with Gasteiger partial charge in [0.05, 0.1) is 19.4 Å². The average molecular weight is 429 g/mol. The normalized spacial score (nSPS) is 13.8. The van der Waals surface area contributed by atoms with Crippen LogP contribution >= 0.6 is 0 Å². The summed E-state index contributed by atoms with van der Waals surface area (Å²) in [5.41, 5.74) is 2.94. The molecule has 1 saturated heterocycles. The van der Waals surface area contributed by atoms with Gasteiger partial charge in [0.25, 0.3) is 0 Å². The van der Waals surface area contributed by atoms with Crippen LogP contribution in [0.5, 0.6) is 5.75 Å². The van der Waals surface area contributed by atoms with Gasteiger partial charge in [0, 0.05) is 26.2 Å². The lowest BCUT2D eigenvalue weighted by Crippen LogP contribution is -2.52. The van der Waals surface area contributed by atoms with E-state index in [9.17, 15) is 9.59 Å². The topological polar surface area (TPSA) is 49.9 Å². The van der Waals surface area contributed by atoms with Crippen molar-refractivity contribution in [1.29, 1.82) is 0 Å². The summed E-state index contributed by atoms with van der Waals surface area (Å²) in [5.74, 6) is 0.619. The number of ether oxygens (including phenoxy) is 1. The molecule has 0 aromatic heterocycles. The Hall–Kier alpha value is -3.60. The third-order valence-corrected chi connectivity index (χ3v) is 5.97. The molecule has 3 aromatic rings. The van der Waals surface area contributed by atoms with Gasteiger partial charge in [-0.1, -0.05) is 72.8 Å². The molecule has 0 unspecified atom stereocenters. The number of carbonyl (C=O) groups is 2. The van der Waals surface area contributed by atoms with Gasteiger partial charge in [-0.2, -0.15) is 0 Å². The highest BCUT2D eigenvalue weighted by molar-refractivity contribution is 5.87. The molecule has 0 atom stereocenters. The minimum atomic E-state index is -0.334. The van der Waals surface area contributed by atoms with Gasteiger partial charge in [-0.05, 0) is 28.8 Å². The molecule has 32 heavy (non-hydrogen) atoms.